The molecule has 27 heavy (non-hydrogen) atoms. The van der Waals surface area contributed by atoms with E-state index in [4.69, 9.17) is 0 Å². The van der Waals surface area contributed by atoms with Crippen molar-refractivity contribution in [2.24, 2.45) is 16.3 Å². The molecule has 0 atom stereocenters. The third kappa shape index (κ3) is 5.55. The van der Waals surface area contributed by atoms with Gasteiger partial charge in [-0.3, -0.25) is 4.99 Å². The molecule has 2 aromatic rings. The van der Waals surface area contributed by atoms with Gasteiger partial charge in [0.2, 0.25) is 0 Å². The molecule has 1 heterocycles. The van der Waals surface area contributed by atoms with Gasteiger partial charge in [-0.25, -0.2) is 9.67 Å². The molecule has 6 heteroatoms. The number of guanidine groups is 1. The summed E-state index contributed by atoms with van der Waals surface area (Å²) in [5.41, 5.74) is 2.91. The van der Waals surface area contributed by atoms with Crippen LogP contribution in [0.5, 0.6) is 0 Å². The Morgan fingerprint density at radius 2 is 2.07 bits per heavy atom. The molecular formula is C21H32N6. The average Bonchev–Trinajstić information content (AvgIpc) is 3.12. The quantitative estimate of drug-likeness (QED) is 0.555. The lowest BCUT2D eigenvalue weighted by Crippen LogP contribution is -2.46. The van der Waals surface area contributed by atoms with Crippen LogP contribution in [0.4, 0.5) is 0 Å². The summed E-state index contributed by atoms with van der Waals surface area (Å²) in [7, 11) is 1.84. The van der Waals surface area contributed by atoms with Crippen LogP contribution in [0, 0.1) is 11.3 Å². The summed E-state index contributed by atoms with van der Waals surface area (Å²) < 4.78 is 1.83. The maximum atomic E-state index is 4.40. The Kier molecular flexibility index (Phi) is 6.48. The summed E-state index contributed by atoms with van der Waals surface area (Å²) in [5, 5.41) is 11.2. The van der Waals surface area contributed by atoms with Crippen molar-refractivity contribution in [3.63, 3.8) is 0 Å². The van der Waals surface area contributed by atoms with Gasteiger partial charge in [0.1, 0.15) is 12.7 Å². The van der Waals surface area contributed by atoms with Crippen molar-refractivity contribution in [1.29, 1.82) is 0 Å². The maximum absolute atomic E-state index is 4.40. The zero-order valence-electron chi connectivity index (χ0n) is 16.8. The van der Waals surface area contributed by atoms with Gasteiger partial charge >= 0.3 is 0 Å². The van der Waals surface area contributed by atoms with E-state index in [9.17, 15) is 0 Å². The zero-order valence-corrected chi connectivity index (χ0v) is 16.8. The minimum atomic E-state index is 0.462. The lowest BCUT2D eigenvalue weighted by Gasteiger charge is -2.43. The van der Waals surface area contributed by atoms with Crippen molar-refractivity contribution in [2.75, 3.05) is 13.6 Å². The highest BCUT2D eigenvalue weighted by molar-refractivity contribution is 5.79. The van der Waals surface area contributed by atoms with E-state index in [1.165, 1.54) is 36.8 Å². The number of rotatable bonds is 8. The minimum absolute atomic E-state index is 0.462. The predicted molar refractivity (Wildman–Crippen MR) is 110 cm³/mol. The highest BCUT2D eigenvalue weighted by Gasteiger charge is 2.37. The second-order valence-electron chi connectivity index (χ2n) is 8.14. The van der Waals surface area contributed by atoms with Gasteiger partial charge in [0.25, 0.3) is 0 Å². The van der Waals surface area contributed by atoms with E-state index in [-0.39, 0.29) is 0 Å². The van der Waals surface area contributed by atoms with Gasteiger partial charge in [0.15, 0.2) is 5.96 Å². The Bertz CT molecular complexity index is 731. The lowest BCUT2D eigenvalue weighted by molar-refractivity contribution is 0.104. The van der Waals surface area contributed by atoms with Crippen LogP contribution in [-0.2, 0) is 13.1 Å². The molecule has 6 nitrogen and oxygen atoms in total. The average molecular weight is 369 g/mol. The van der Waals surface area contributed by atoms with Crippen LogP contribution in [0.25, 0.3) is 0 Å². The summed E-state index contributed by atoms with van der Waals surface area (Å²) in [6.45, 7) is 7.14. The van der Waals surface area contributed by atoms with E-state index >= 15 is 0 Å². The Hall–Kier alpha value is -2.37. The topological polar surface area (TPSA) is 67.1 Å². The van der Waals surface area contributed by atoms with Crippen LogP contribution in [0.15, 0.2) is 41.9 Å². The summed E-state index contributed by atoms with van der Waals surface area (Å²) in [5.74, 6) is 1.63. The second kappa shape index (κ2) is 9.02. The first kappa shape index (κ1) is 19.4. The van der Waals surface area contributed by atoms with E-state index in [1.807, 2.05) is 11.7 Å². The van der Waals surface area contributed by atoms with Crippen LogP contribution in [0.3, 0.4) is 0 Å². The Morgan fingerprint density at radius 1 is 1.26 bits per heavy atom. The smallest absolute Gasteiger partial charge is 0.191 e. The largest absolute Gasteiger partial charge is 0.356 e. The van der Waals surface area contributed by atoms with Gasteiger partial charge in [-0.05, 0) is 41.7 Å². The third-order valence-electron chi connectivity index (χ3n) is 5.37. The molecule has 0 amide bonds. The maximum Gasteiger partial charge on any atom is 0.191 e. The number of hydrogen-bond donors (Lipinski definition) is 2. The second-order valence-corrected chi connectivity index (χ2v) is 8.14. The highest BCUT2D eigenvalue weighted by Crippen LogP contribution is 2.45. The van der Waals surface area contributed by atoms with Gasteiger partial charge in [-0.2, -0.15) is 5.10 Å². The molecule has 1 aromatic heterocycles. The van der Waals surface area contributed by atoms with E-state index in [1.54, 1.807) is 12.7 Å². The molecule has 3 rings (SSSR count). The number of nitrogens with one attached hydrogen (secondary N) is 2. The molecule has 0 saturated heterocycles. The predicted octanol–water partition coefficient (Wildman–Crippen LogP) is 3.21. The number of benzene rings is 1. The fourth-order valence-corrected chi connectivity index (χ4v) is 4.01. The molecule has 1 aromatic carbocycles. The molecule has 0 bridgehead atoms. The van der Waals surface area contributed by atoms with Crippen molar-refractivity contribution < 1.29 is 0 Å². The van der Waals surface area contributed by atoms with Crippen molar-refractivity contribution >= 4 is 5.96 Å². The molecule has 1 aliphatic rings. The van der Waals surface area contributed by atoms with Crippen molar-refractivity contribution in [1.82, 2.24) is 25.4 Å². The molecule has 1 aliphatic carbocycles. The van der Waals surface area contributed by atoms with Gasteiger partial charge < -0.3 is 10.6 Å². The Balaban J connectivity index is 1.50. The Morgan fingerprint density at radius 3 is 2.70 bits per heavy atom. The number of nitrogens with zero attached hydrogens (tertiary/aromatic N) is 4. The summed E-state index contributed by atoms with van der Waals surface area (Å²) in [6.07, 6.45) is 8.62. The molecular weight excluding hydrogens is 336 g/mol. The van der Waals surface area contributed by atoms with Crippen LogP contribution in [0.1, 0.15) is 50.7 Å². The van der Waals surface area contributed by atoms with Gasteiger partial charge in [-0.15, -0.1) is 0 Å². The molecule has 146 valence electrons. The standard InChI is InChI=1S/C21H32N6/c1-17(2)11-21(8-5-9-21)14-25-20(22-3)24-12-18-6-4-7-19(10-18)13-27-16-23-15-26-27/h4,6-7,10,15-17H,5,8-9,11-14H2,1-3H3,(H2,22,24,25). The normalized spacial score (nSPS) is 16.2. The van der Waals surface area contributed by atoms with E-state index in [0.717, 1.165) is 31.5 Å². The minimum Gasteiger partial charge on any atom is -0.356 e. The number of aliphatic imine (C=N–C) groups is 1. The molecule has 0 unspecified atom stereocenters. The van der Waals surface area contributed by atoms with Crippen LogP contribution < -0.4 is 10.6 Å². The molecule has 0 aliphatic heterocycles. The van der Waals surface area contributed by atoms with Gasteiger partial charge in [0.05, 0.1) is 6.54 Å². The van der Waals surface area contributed by atoms with Gasteiger partial charge in [-0.1, -0.05) is 44.5 Å². The van der Waals surface area contributed by atoms with E-state index < -0.39 is 0 Å². The summed E-state index contributed by atoms with van der Waals surface area (Å²) >= 11 is 0. The van der Waals surface area contributed by atoms with E-state index in [2.05, 4.69) is 63.8 Å². The molecule has 2 N–H and O–H groups in total. The molecule has 1 fully saturated rings. The van der Waals surface area contributed by atoms with Crippen molar-refractivity contribution in [3.05, 3.63) is 48.0 Å². The van der Waals surface area contributed by atoms with Gasteiger partial charge in [0, 0.05) is 20.1 Å². The third-order valence-corrected chi connectivity index (χ3v) is 5.37. The lowest BCUT2D eigenvalue weighted by atomic mass is 9.64. The van der Waals surface area contributed by atoms with E-state index in [0.29, 0.717) is 5.41 Å². The zero-order chi connectivity index (χ0) is 19.1. The monoisotopic (exact) mass is 368 g/mol. The number of hydrogen-bond acceptors (Lipinski definition) is 3. The molecule has 1 saturated carbocycles. The van der Waals surface area contributed by atoms with Crippen LogP contribution in [-0.4, -0.2) is 34.3 Å². The molecule has 0 spiro atoms. The fraction of sp³-hybridized carbons (Fsp3) is 0.571. The van der Waals surface area contributed by atoms with Crippen LogP contribution in [0.2, 0.25) is 0 Å². The van der Waals surface area contributed by atoms with Crippen molar-refractivity contribution in [2.45, 2.75) is 52.6 Å². The number of aromatic nitrogens is 3. The Labute approximate surface area is 162 Å². The summed E-state index contributed by atoms with van der Waals surface area (Å²) in [6, 6.07) is 8.54. The highest BCUT2D eigenvalue weighted by atomic mass is 15.3. The first-order valence-corrected chi connectivity index (χ1v) is 9.93. The van der Waals surface area contributed by atoms with Crippen LogP contribution >= 0.6 is 0 Å². The first-order valence-electron chi connectivity index (χ1n) is 9.93. The fourth-order valence-electron chi connectivity index (χ4n) is 4.01. The summed E-state index contributed by atoms with van der Waals surface area (Å²) in [4.78, 5) is 8.40. The van der Waals surface area contributed by atoms with Crippen molar-refractivity contribution in [3.8, 4) is 0 Å². The molecule has 0 radical (unpaired) electrons. The SMILES string of the molecule is CN=C(NCc1cccc(Cn2cncn2)c1)NCC1(CC(C)C)CCC1. The first-order chi connectivity index (χ1) is 13.1.